The van der Waals surface area contributed by atoms with E-state index in [4.69, 9.17) is 0 Å². The van der Waals surface area contributed by atoms with E-state index in [2.05, 4.69) is 27.1 Å². The third kappa shape index (κ3) is 3.14. The van der Waals surface area contributed by atoms with E-state index in [-0.39, 0.29) is 11.8 Å². The molecule has 106 valence electrons. The Morgan fingerprint density at radius 3 is 2.95 bits per heavy atom. The number of anilines is 1. The number of hydrogen-bond acceptors (Lipinski definition) is 3. The lowest BCUT2D eigenvalue weighted by Gasteiger charge is -2.09. The number of nitrogens with one attached hydrogen (secondary N) is 2. The van der Waals surface area contributed by atoms with Gasteiger partial charge < -0.3 is 9.88 Å². The number of nitrogens with zero attached hydrogens (tertiary/aromatic N) is 3. The van der Waals surface area contributed by atoms with Crippen LogP contribution < -0.4 is 5.32 Å². The minimum atomic E-state index is -0.124. The van der Waals surface area contributed by atoms with Gasteiger partial charge in [0.25, 0.3) is 0 Å². The molecule has 0 bridgehead atoms. The van der Waals surface area contributed by atoms with Crippen molar-refractivity contribution in [2.45, 2.75) is 20.3 Å². The Bertz CT molecular complexity index is 625. The first-order valence-electron chi connectivity index (χ1n) is 6.45. The number of allylic oxidation sites excluding steroid dienone is 1. The smallest absolute Gasteiger partial charge is 0.228 e. The second kappa shape index (κ2) is 5.73. The van der Waals surface area contributed by atoms with Crippen molar-refractivity contribution < 1.29 is 4.79 Å². The molecule has 1 atom stereocenters. The highest BCUT2D eigenvalue weighted by molar-refractivity contribution is 5.92. The summed E-state index contributed by atoms with van der Waals surface area (Å²) in [6, 6.07) is 1.77. The SMILES string of the molecule is C=C(C)CC(C)C(=O)Nc1cc(-c2nccn2C)[nH]n1. The minimum Gasteiger partial charge on any atom is -0.333 e. The second-order valence-electron chi connectivity index (χ2n) is 5.08. The molecule has 2 aromatic heterocycles. The molecule has 20 heavy (non-hydrogen) atoms. The van der Waals surface area contributed by atoms with Gasteiger partial charge in [0.05, 0.1) is 0 Å². The van der Waals surface area contributed by atoms with Crippen molar-refractivity contribution in [3.8, 4) is 11.5 Å². The van der Waals surface area contributed by atoms with Crippen molar-refractivity contribution in [3.05, 3.63) is 30.6 Å². The van der Waals surface area contributed by atoms with Gasteiger partial charge in [0.15, 0.2) is 11.6 Å². The molecule has 2 N–H and O–H groups in total. The highest BCUT2D eigenvalue weighted by atomic mass is 16.1. The quantitative estimate of drug-likeness (QED) is 0.821. The lowest BCUT2D eigenvalue weighted by atomic mass is 10.0. The maximum absolute atomic E-state index is 12.0. The van der Waals surface area contributed by atoms with Crippen LogP contribution in [0.4, 0.5) is 5.82 Å². The van der Waals surface area contributed by atoms with Crippen molar-refractivity contribution in [2.24, 2.45) is 13.0 Å². The van der Waals surface area contributed by atoms with Gasteiger partial charge in [-0.05, 0) is 13.3 Å². The second-order valence-corrected chi connectivity index (χ2v) is 5.08. The Kier molecular flexibility index (Phi) is 4.02. The number of amides is 1. The average Bonchev–Trinajstić information content (AvgIpc) is 2.97. The van der Waals surface area contributed by atoms with Gasteiger partial charge in [0.2, 0.25) is 5.91 Å². The topological polar surface area (TPSA) is 75.6 Å². The summed E-state index contributed by atoms with van der Waals surface area (Å²) in [7, 11) is 1.90. The van der Waals surface area contributed by atoms with Gasteiger partial charge in [-0.2, -0.15) is 5.10 Å². The van der Waals surface area contributed by atoms with E-state index in [9.17, 15) is 4.79 Å². The zero-order valence-corrected chi connectivity index (χ0v) is 12.0. The van der Waals surface area contributed by atoms with E-state index in [1.807, 2.05) is 31.7 Å². The highest BCUT2D eigenvalue weighted by Gasteiger charge is 2.15. The number of rotatable bonds is 5. The van der Waals surface area contributed by atoms with Gasteiger partial charge in [0.1, 0.15) is 5.69 Å². The number of H-pyrrole nitrogens is 1. The number of carbonyl (C=O) groups is 1. The molecule has 0 fully saturated rings. The predicted molar refractivity (Wildman–Crippen MR) is 78.0 cm³/mol. The summed E-state index contributed by atoms with van der Waals surface area (Å²) in [6.07, 6.45) is 4.23. The molecule has 1 unspecified atom stereocenters. The first-order valence-corrected chi connectivity index (χ1v) is 6.45. The fourth-order valence-electron chi connectivity index (χ4n) is 1.99. The summed E-state index contributed by atoms with van der Waals surface area (Å²) in [4.78, 5) is 16.2. The molecule has 2 aromatic rings. The Labute approximate surface area is 117 Å². The molecule has 0 aromatic carbocycles. The molecule has 0 aliphatic carbocycles. The normalized spacial score (nSPS) is 12.2. The summed E-state index contributed by atoms with van der Waals surface area (Å²) in [6.45, 7) is 7.60. The number of carbonyl (C=O) groups excluding carboxylic acids is 1. The average molecular weight is 273 g/mol. The number of aryl methyl sites for hydroxylation is 1. The van der Waals surface area contributed by atoms with Crippen LogP contribution >= 0.6 is 0 Å². The van der Waals surface area contributed by atoms with E-state index in [0.717, 1.165) is 17.1 Å². The largest absolute Gasteiger partial charge is 0.333 e. The number of aromatic amines is 1. The molecule has 0 aliphatic rings. The van der Waals surface area contributed by atoms with Crippen LogP contribution in [-0.2, 0) is 11.8 Å². The molecular formula is C14H19N5O. The molecule has 0 radical (unpaired) electrons. The molecule has 6 heteroatoms. The minimum absolute atomic E-state index is 0.0640. The molecule has 2 rings (SSSR count). The number of imidazole rings is 1. The van der Waals surface area contributed by atoms with Gasteiger partial charge in [-0.1, -0.05) is 12.5 Å². The summed E-state index contributed by atoms with van der Waals surface area (Å²) < 4.78 is 1.88. The summed E-state index contributed by atoms with van der Waals surface area (Å²) in [5.41, 5.74) is 1.75. The van der Waals surface area contributed by atoms with Crippen molar-refractivity contribution in [3.63, 3.8) is 0 Å². The van der Waals surface area contributed by atoms with Crippen LogP contribution in [0.25, 0.3) is 11.5 Å². The van der Waals surface area contributed by atoms with E-state index in [1.165, 1.54) is 0 Å². The van der Waals surface area contributed by atoms with Gasteiger partial charge >= 0.3 is 0 Å². The number of aromatic nitrogens is 4. The van der Waals surface area contributed by atoms with E-state index in [1.54, 1.807) is 12.3 Å². The van der Waals surface area contributed by atoms with E-state index >= 15 is 0 Å². The van der Waals surface area contributed by atoms with Crippen molar-refractivity contribution in [2.75, 3.05) is 5.32 Å². The standard InChI is InChI=1S/C14H19N5O/c1-9(2)7-10(3)14(20)16-12-8-11(17-18-12)13-15-5-6-19(13)4/h5-6,8,10H,1,7H2,2-4H3,(H2,16,17,18,20). The molecule has 0 spiro atoms. The van der Waals surface area contributed by atoms with Crippen LogP contribution in [0.15, 0.2) is 30.6 Å². The maximum atomic E-state index is 12.0. The van der Waals surface area contributed by atoms with E-state index < -0.39 is 0 Å². The monoisotopic (exact) mass is 273 g/mol. The van der Waals surface area contributed by atoms with Crippen molar-refractivity contribution in [1.82, 2.24) is 19.7 Å². The fourth-order valence-corrected chi connectivity index (χ4v) is 1.99. The Morgan fingerprint density at radius 1 is 1.60 bits per heavy atom. The third-order valence-electron chi connectivity index (χ3n) is 2.99. The highest BCUT2D eigenvalue weighted by Crippen LogP contribution is 2.18. The number of hydrogen-bond donors (Lipinski definition) is 2. The van der Waals surface area contributed by atoms with Crippen LogP contribution in [-0.4, -0.2) is 25.7 Å². The molecular weight excluding hydrogens is 254 g/mol. The lowest BCUT2D eigenvalue weighted by Crippen LogP contribution is -2.20. The van der Waals surface area contributed by atoms with E-state index in [0.29, 0.717) is 12.2 Å². The lowest BCUT2D eigenvalue weighted by molar-refractivity contribution is -0.119. The predicted octanol–water partition coefficient (Wildman–Crippen LogP) is 2.35. The molecule has 0 aliphatic heterocycles. The first kappa shape index (κ1) is 14.0. The van der Waals surface area contributed by atoms with Crippen molar-refractivity contribution >= 4 is 11.7 Å². The zero-order valence-electron chi connectivity index (χ0n) is 12.0. The van der Waals surface area contributed by atoms with Gasteiger partial charge in [0, 0.05) is 31.4 Å². The zero-order chi connectivity index (χ0) is 14.7. The molecule has 0 saturated heterocycles. The maximum Gasteiger partial charge on any atom is 0.228 e. The molecule has 6 nitrogen and oxygen atoms in total. The Morgan fingerprint density at radius 2 is 2.35 bits per heavy atom. The Balaban J connectivity index is 2.05. The molecule has 1 amide bonds. The summed E-state index contributed by atoms with van der Waals surface area (Å²) in [5, 5.41) is 9.74. The van der Waals surface area contributed by atoms with Gasteiger partial charge in [-0.15, -0.1) is 6.58 Å². The first-order chi connectivity index (χ1) is 9.47. The van der Waals surface area contributed by atoms with Crippen LogP contribution in [0.3, 0.4) is 0 Å². The summed E-state index contributed by atoms with van der Waals surface area (Å²) >= 11 is 0. The van der Waals surface area contributed by atoms with Crippen molar-refractivity contribution in [1.29, 1.82) is 0 Å². The molecule has 0 saturated carbocycles. The van der Waals surface area contributed by atoms with Crippen LogP contribution in [0.1, 0.15) is 20.3 Å². The van der Waals surface area contributed by atoms with Gasteiger partial charge in [-0.3, -0.25) is 9.89 Å². The van der Waals surface area contributed by atoms with Crippen LogP contribution in [0.5, 0.6) is 0 Å². The van der Waals surface area contributed by atoms with Gasteiger partial charge in [-0.25, -0.2) is 4.98 Å². The third-order valence-corrected chi connectivity index (χ3v) is 2.99. The van der Waals surface area contributed by atoms with Crippen LogP contribution in [0, 0.1) is 5.92 Å². The Hall–Kier alpha value is -2.37. The fraction of sp³-hybridized carbons (Fsp3) is 0.357. The van der Waals surface area contributed by atoms with Crippen LogP contribution in [0.2, 0.25) is 0 Å². The molecule has 2 heterocycles. The summed E-state index contributed by atoms with van der Waals surface area (Å²) in [5.74, 6) is 1.08.